The largest absolute Gasteiger partial charge is 0.493 e. The zero-order valence-corrected chi connectivity index (χ0v) is 19.3. The minimum absolute atomic E-state index is 0.0561. The Balaban J connectivity index is 1.99. The molecule has 8 nitrogen and oxygen atoms in total. The fourth-order valence-corrected chi connectivity index (χ4v) is 3.08. The Labute approximate surface area is 192 Å². The monoisotopic (exact) mass is 461 g/mol. The maximum absolute atomic E-state index is 12.7. The van der Waals surface area contributed by atoms with E-state index in [9.17, 15) is 19.7 Å². The molecule has 1 unspecified atom stereocenters. The second-order valence-electron chi connectivity index (χ2n) is 8.18. The molecule has 0 saturated carbocycles. The number of benzene rings is 2. The Morgan fingerprint density at radius 2 is 1.75 bits per heavy atom. The Kier molecular flexibility index (Phi) is 9.02. The van der Waals surface area contributed by atoms with Crippen molar-refractivity contribution < 1.29 is 19.2 Å². The van der Waals surface area contributed by atoms with E-state index >= 15 is 0 Å². The van der Waals surface area contributed by atoms with Crippen LogP contribution in [-0.4, -0.2) is 29.4 Å². The number of amides is 2. The minimum atomic E-state index is -0.803. The Hall–Kier alpha value is -3.13. The van der Waals surface area contributed by atoms with Gasteiger partial charge in [-0.1, -0.05) is 51.4 Å². The van der Waals surface area contributed by atoms with E-state index in [1.165, 1.54) is 12.1 Å². The van der Waals surface area contributed by atoms with Gasteiger partial charge in [0.2, 0.25) is 5.91 Å². The Bertz CT molecular complexity index is 961. The molecule has 9 heteroatoms. The second kappa shape index (κ2) is 11.5. The van der Waals surface area contributed by atoms with Gasteiger partial charge in [-0.25, -0.2) is 0 Å². The highest BCUT2D eigenvalue weighted by atomic mass is 35.5. The summed E-state index contributed by atoms with van der Waals surface area (Å²) in [5.41, 5.74) is 0.737. The van der Waals surface area contributed by atoms with E-state index in [0.29, 0.717) is 19.1 Å². The highest BCUT2D eigenvalue weighted by molar-refractivity contribution is 6.34. The lowest BCUT2D eigenvalue weighted by atomic mass is 10.0. The molecule has 0 aliphatic heterocycles. The van der Waals surface area contributed by atoms with E-state index in [1.54, 1.807) is 0 Å². The number of nitro benzene ring substituents is 1. The number of carbonyl (C=O) groups excluding carboxylic acids is 2. The molecule has 0 aliphatic rings. The number of hydrogen-bond acceptors (Lipinski definition) is 5. The van der Waals surface area contributed by atoms with Crippen molar-refractivity contribution in [1.29, 1.82) is 0 Å². The molecule has 2 aromatic carbocycles. The van der Waals surface area contributed by atoms with Crippen molar-refractivity contribution in [1.82, 2.24) is 10.6 Å². The van der Waals surface area contributed by atoms with Crippen molar-refractivity contribution in [2.45, 2.75) is 40.3 Å². The van der Waals surface area contributed by atoms with Gasteiger partial charge in [-0.15, -0.1) is 0 Å². The molecule has 0 fully saturated rings. The average molecular weight is 462 g/mol. The molecule has 0 saturated heterocycles. The van der Waals surface area contributed by atoms with Crippen LogP contribution in [0.3, 0.4) is 0 Å². The maximum atomic E-state index is 12.7. The van der Waals surface area contributed by atoms with Gasteiger partial charge in [0.25, 0.3) is 11.6 Å². The fourth-order valence-electron chi connectivity index (χ4n) is 2.82. The number of non-ortho nitro benzene ring substituents is 1. The lowest BCUT2D eigenvalue weighted by molar-refractivity contribution is -0.384. The highest BCUT2D eigenvalue weighted by Gasteiger charge is 2.26. The molecule has 0 spiro atoms. The first-order valence-electron chi connectivity index (χ1n) is 10.3. The number of halogens is 1. The smallest absolute Gasteiger partial charge is 0.270 e. The van der Waals surface area contributed by atoms with Crippen molar-refractivity contribution in [2.75, 3.05) is 6.61 Å². The number of nitrogens with zero attached hydrogens (tertiary/aromatic N) is 1. The van der Waals surface area contributed by atoms with Crippen LogP contribution < -0.4 is 15.4 Å². The first kappa shape index (κ1) is 25.1. The summed E-state index contributed by atoms with van der Waals surface area (Å²) in [6, 6.07) is 10.2. The SMILES string of the molecule is CC(C)COc1ccc(CNC(=O)C(NC(=O)c2ccc([N+](=O)[O-])cc2Cl)C(C)C)cc1. The molecule has 0 aliphatic carbocycles. The van der Waals surface area contributed by atoms with Crippen LogP contribution in [-0.2, 0) is 11.3 Å². The maximum Gasteiger partial charge on any atom is 0.270 e. The fraction of sp³-hybridized carbons (Fsp3) is 0.391. The van der Waals surface area contributed by atoms with Crippen LogP contribution in [0, 0.1) is 22.0 Å². The summed E-state index contributed by atoms with van der Waals surface area (Å²) in [5, 5.41) is 16.3. The summed E-state index contributed by atoms with van der Waals surface area (Å²) in [6.45, 7) is 8.68. The van der Waals surface area contributed by atoms with Crippen LogP contribution in [0.25, 0.3) is 0 Å². The molecule has 0 radical (unpaired) electrons. The van der Waals surface area contributed by atoms with Gasteiger partial charge in [0.1, 0.15) is 11.8 Å². The van der Waals surface area contributed by atoms with E-state index in [1.807, 2.05) is 38.1 Å². The molecule has 0 aromatic heterocycles. The van der Waals surface area contributed by atoms with Crippen LogP contribution in [0.2, 0.25) is 5.02 Å². The zero-order chi connectivity index (χ0) is 23.8. The molecular formula is C23H28ClN3O5. The Morgan fingerprint density at radius 3 is 2.28 bits per heavy atom. The van der Waals surface area contributed by atoms with Crippen LogP contribution in [0.1, 0.15) is 43.6 Å². The predicted octanol–water partition coefficient (Wildman–Crippen LogP) is 4.35. The summed E-state index contributed by atoms with van der Waals surface area (Å²) in [5.74, 6) is 0.0820. The molecule has 172 valence electrons. The van der Waals surface area contributed by atoms with Crippen LogP contribution in [0.5, 0.6) is 5.75 Å². The van der Waals surface area contributed by atoms with Gasteiger partial charge < -0.3 is 15.4 Å². The Morgan fingerprint density at radius 1 is 1.09 bits per heavy atom. The summed E-state index contributed by atoms with van der Waals surface area (Å²) < 4.78 is 5.65. The summed E-state index contributed by atoms with van der Waals surface area (Å²) >= 11 is 6.03. The number of nitro groups is 1. The molecule has 1 atom stereocenters. The third kappa shape index (κ3) is 7.23. The number of rotatable bonds is 10. The van der Waals surface area contributed by atoms with Gasteiger partial charge in [-0.2, -0.15) is 0 Å². The van der Waals surface area contributed by atoms with E-state index in [-0.39, 0.29) is 28.1 Å². The lowest BCUT2D eigenvalue weighted by Crippen LogP contribution is -2.49. The van der Waals surface area contributed by atoms with Gasteiger partial charge in [0, 0.05) is 18.7 Å². The minimum Gasteiger partial charge on any atom is -0.493 e. The first-order valence-corrected chi connectivity index (χ1v) is 10.7. The zero-order valence-electron chi connectivity index (χ0n) is 18.6. The van der Waals surface area contributed by atoms with Crippen molar-refractivity contribution >= 4 is 29.1 Å². The van der Waals surface area contributed by atoms with Crippen molar-refractivity contribution in [3.8, 4) is 5.75 Å². The predicted molar refractivity (Wildman–Crippen MR) is 123 cm³/mol. The van der Waals surface area contributed by atoms with Crippen LogP contribution in [0.4, 0.5) is 5.69 Å². The van der Waals surface area contributed by atoms with Gasteiger partial charge in [-0.3, -0.25) is 19.7 Å². The average Bonchev–Trinajstić information content (AvgIpc) is 2.74. The van der Waals surface area contributed by atoms with Crippen molar-refractivity contribution in [3.63, 3.8) is 0 Å². The van der Waals surface area contributed by atoms with E-state index in [0.717, 1.165) is 17.4 Å². The molecular weight excluding hydrogens is 434 g/mol. The van der Waals surface area contributed by atoms with Crippen molar-refractivity contribution in [3.05, 3.63) is 68.7 Å². The highest BCUT2D eigenvalue weighted by Crippen LogP contribution is 2.22. The molecule has 2 rings (SSSR count). The molecule has 2 N–H and O–H groups in total. The number of nitrogens with one attached hydrogen (secondary N) is 2. The van der Waals surface area contributed by atoms with Crippen LogP contribution >= 0.6 is 11.6 Å². The standard InChI is InChI=1S/C23H28ClN3O5/c1-14(2)13-32-18-8-5-16(6-9-18)12-25-23(29)21(15(3)4)26-22(28)19-10-7-17(27(30)31)11-20(19)24/h5-11,14-15,21H,12-13H2,1-4H3,(H,25,29)(H,26,28). The summed E-state index contributed by atoms with van der Waals surface area (Å²) in [4.78, 5) is 35.6. The number of carbonyl (C=O) groups is 2. The molecule has 2 aromatic rings. The van der Waals surface area contributed by atoms with E-state index < -0.39 is 16.9 Å². The third-order valence-corrected chi connectivity index (χ3v) is 4.93. The molecule has 0 heterocycles. The lowest BCUT2D eigenvalue weighted by Gasteiger charge is -2.22. The normalized spacial score (nSPS) is 11.8. The second-order valence-corrected chi connectivity index (χ2v) is 8.59. The summed E-state index contributed by atoms with van der Waals surface area (Å²) in [6.07, 6.45) is 0. The van der Waals surface area contributed by atoms with Gasteiger partial charge in [0.05, 0.1) is 22.1 Å². The topological polar surface area (TPSA) is 111 Å². The van der Waals surface area contributed by atoms with Crippen molar-refractivity contribution in [2.24, 2.45) is 11.8 Å². The quantitative estimate of drug-likeness (QED) is 0.403. The molecule has 32 heavy (non-hydrogen) atoms. The van der Waals surface area contributed by atoms with Crippen LogP contribution in [0.15, 0.2) is 42.5 Å². The van der Waals surface area contributed by atoms with Gasteiger partial charge in [0.15, 0.2) is 0 Å². The van der Waals surface area contributed by atoms with Gasteiger partial charge >= 0.3 is 0 Å². The number of ether oxygens (including phenoxy) is 1. The third-order valence-electron chi connectivity index (χ3n) is 4.62. The molecule has 2 amide bonds. The van der Waals surface area contributed by atoms with E-state index in [4.69, 9.17) is 16.3 Å². The summed E-state index contributed by atoms with van der Waals surface area (Å²) in [7, 11) is 0. The first-order chi connectivity index (χ1) is 15.1. The molecule has 0 bridgehead atoms. The number of hydrogen-bond donors (Lipinski definition) is 2. The van der Waals surface area contributed by atoms with Gasteiger partial charge in [-0.05, 0) is 35.6 Å². The van der Waals surface area contributed by atoms with E-state index in [2.05, 4.69) is 24.5 Å².